The van der Waals surface area contributed by atoms with Gasteiger partial charge in [-0.3, -0.25) is 14.6 Å². The average molecular weight is 537 g/mol. The van der Waals surface area contributed by atoms with Gasteiger partial charge in [0.25, 0.3) is 5.91 Å². The lowest BCUT2D eigenvalue weighted by Crippen LogP contribution is -2.39. The zero-order chi connectivity index (χ0) is 21.8. The summed E-state index contributed by atoms with van der Waals surface area (Å²) in [5, 5.41) is 0.632. The molecule has 4 rings (SSSR count). The number of hydrogen-bond donors (Lipinski definition) is 0. The van der Waals surface area contributed by atoms with Crippen molar-refractivity contribution in [1.82, 2.24) is 9.88 Å². The summed E-state index contributed by atoms with van der Waals surface area (Å²) >= 11 is 15.1. The van der Waals surface area contributed by atoms with Gasteiger partial charge in [0.05, 0.1) is 34.4 Å². The Hall–Kier alpha value is -1.13. The molecule has 0 atom stereocenters. The van der Waals surface area contributed by atoms with Crippen LogP contribution in [0.1, 0.15) is 23.7 Å². The molecule has 0 aliphatic carbocycles. The maximum atomic E-state index is 13.4. The number of rotatable bonds is 8. The Kier molecular flexibility index (Phi) is 9.43. The van der Waals surface area contributed by atoms with E-state index in [-0.39, 0.29) is 18.3 Å². The Morgan fingerprint density at radius 3 is 2.75 bits per heavy atom. The summed E-state index contributed by atoms with van der Waals surface area (Å²) < 4.78 is 13.0. The van der Waals surface area contributed by atoms with E-state index in [1.807, 2.05) is 25.1 Å². The Bertz CT molecular complexity index is 1050. The van der Waals surface area contributed by atoms with Gasteiger partial charge in [-0.2, -0.15) is 0 Å². The fourth-order valence-corrected chi connectivity index (χ4v) is 5.95. The molecular formula is C21H24Cl3N3O3S2. The minimum Gasteiger partial charge on any atom is -0.492 e. The number of hydrogen-bond acceptors (Lipinski definition) is 7. The van der Waals surface area contributed by atoms with Crippen LogP contribution < -0.4 is 9.64 Å². The standard InChI is InChI=1S/C21H23Cl2N3O3S2.ClH/c1-2-29-15-5-3-6-16-18(15)24-21(30-16)26(8-4-7-25-9-11-28-12-10-25)20(27)14-13-17(22)31-19(14)23;/h3,5-6,13H,2,4,7-12H2,1H3;1H. The molecule has 174 valence electrons. The van der Waals surface area contributed by atoms with Crippen molar-refractivity contribution in [2.24, 2.45) is 0 Å². The zero-order valence-corrected chi connectivity index (χ0v) is 21.5. The number of ether oxygens (including phenoxy) is 2. The van der Waals surface area contributed by atoms with E-state index in [1.54, 1.807) is 11.0 Å². The van der Waals surface area contributed by atoms with Crippen molar-refractivity contribution in [2.45, 2.75) is 13.3 Å². The molecule has 32 heavy (non-hydrogen) atoms. The Labute approximate surface area is 211 Å². The topological polar surface area (TPSA) is 54.9 Å². The van der Waals surface area contributed by atoms with Gasteiger partial charge >= 0.3 is 0 Å². The van der Waals surface area contributed by atoms with E-state index in [1.165, 1.54) is 22.7 Å². The van der Waals surface area contributed by atoms with Gasteiger partial charge in [0.1, 0.15) is 15.6 Å². The second-order valence-electron chi connectivity index (χ2n) is 7.03. The molecule has 1 aromatic carbocycles. The number of aromatic nitrogens is 1. The molecule has 1 saturated heterocycles. The Morgan fingerprint density at radius 2 is 2.06 bits per heavy atom. The predicted molar refractivity (Wildman–Crippen MR) is 136 cm³/mol. The van der Waals surface area contributed by atoms with E-state index < -0.39 is 0 Å². The smallest absolute Gasteiger partial charge is 0.262 e. The van der Waals surface area contributed by atoms with Gasteiger partial charge in [0, 0.05) is 26.2 Å². The lowest BCUT2D eigenvalue weighted by atomic mass is 10.2. The van der Waals surface area contributed by atoms with E-state index in [0.29, 0.717) is 32.5 Å². The van der Waals surface area contributed by atoms with E-state index in [0.717, 1.165) is 55.2 Å². The highest BCUT2D eigenvalue weighted by molar-refractivity contribution is 7.22. The summed E-state index contributed by atoms with van der Waals surface area (Å²) in [7, 11) is 0. The number of amides is 1. The number of para-hydroxylation sites is 1. The number of nitrogens with zero attached hydrogens (tertiary/aromatic N) is 3. The van der Waals surface area contributed by atoms with Crippen LogP contribution in [-0.4, -0.2) is 61.8 Å². The third-order valence-electron chi connectivity index (χ3n) is 4.99. The number of thiophene rings is 1. The Morgan fingerprint density at radius 1 is 1.28 bits per heavy atom. The quantitative estimate of drug-likeness (QED) is 0.361. The van der Waals surface area contributed by atoms with Crippen molar-refractivity contribution >= 4 is 79.5 Å². The van der Waals surface area contributed by atoms with E-state index in [4.69, 9.17) is 37.7 Å². The number of thiazole rings is 1. The summed E-state index contributed by atoms with van der Waals surface area (Å²) in [6.45, 7) is 7.25. The molecule has 11 heteroatoms. The molecule has 0 N–H and O–H groups in total. The van der Waals surface area contributed by atoms with Crippen molar-refractivity contribution in [2.75, 3.05) is 50.9 Å². The molecular weight excluding hydrogens is 513 g/mol. The minimum absolute atomic E-state index is 0. The van der Waals surface area contributed by atoms with Gasteiger partial charge in [-0.1, -0.05) is 40.6 Å². The van der Waals surface area contributed by atoms with E-state index in [2.05, 4.69) is 4.90 Å². The SMILES string of the molecule is CCOc1cccc2sc(N(CCCN3CCOCC3)C(=O)c3cc(Cl)sc3Cl)nc12.Cl. The molecule has 0 spiro atoms. The lowest BCUT2D eigenvalue weighted by Gasteiger charge is -2.27. The van der Waals surface area contributed by atoms with Crippen LogP contribution in [0.5, 0.6) is 5.75 Å². The molecule has 1 fully saturated rings. The number of anilines is 1. The van der Waals surface area contributed by atoms with Gasteiger partial charge in [0.2, 0.25) is 0 Å². The van der Waals surface area contributed by atoms with E-state index >= 15 is 0 Å². The van der Waals surface area contributed by atoms with Crippen LogP contribution >= 0.6 is 58.3 Å². The van der Waals surface area contributed by atoms with Crippen molar-refractivity contribution < 1.29 is 14.3 Å². The van der Waals surface area contributed by atoms with Crippen molar-refractivity contribution in [1.29, 1.82) is 0 Å². The molecule has 6 nitrogen and oxygen atoms in total. The predicted octanol–water partition coefficient (Wildman–Crippen LogP) is 5.85. The fourth-order valence-electron chi connectivity index (χ4n) is 3.49. The number of halogens is 3. The average Bonchev–Trinajstić information content (AvgIpc) is 3.35. The molecule has 1 aliphatic heterocycles. The molecule has 3 heterocycles. The number of carbonyl (C=O) groups is 1. The van der Waals surface area contributed by atoms with Crippen LogP contribution in [-0.2, 0) is 4.74 Å². The second kappa shape index (κ2) is 11.8. The first-order valence-electron chi connectivity index (χ1n) is 10.2. The third kappa shape index (κ3) is 5.86. The summed E-state index contributed by atoms with van der Waals surface area (Å²) in [4.78, 5) is 22.3. The first-order valence-corrected chi connectivity index (χ1v) is 12.5. The number of benzene rings is 1. The number of morpholine rings is 1. The van der Waals surface area contributed by atoms with Crippen LogP contribution in [0.4, 0.5) is 5.13 Å². The number of fused-ring (bicyclic) bond motifs is 1. The van der Waals surface area contributed by atoms with Gasteiger partial charge in [-0.05, 0) is 31.5 Å². The highest BCUT2D eigenvalue weighted by Crippen LogP contribution is 2.37. The minimum atomic E-state index is -0.188. The van der Waals surface area contributed by atoms with Crippen molar-refractivity contribution in [3.05, 3.63) is 38.5 Å². The first-order chi connectivity index (χ1) is 15.1. The van der Waals surface area contributed by atoms with Gasteiger partial charge in [0.15, 0.2) is 5.13 Å². The van der Waals surface area contributed by atoms with Crippen molar-refractivity contribution in [3.63, 3.8) is 0 Å². The van der Waals surface area contributed by atoms with Crippen LogP contribution in [0.2, 0.25) is 8.67 Å². The molecule has 3 aromatic rings. The maximum Gasteiger partial charge on any atom is 0.262 e. The lowest BCUT2D eigenvalue weighted by molar-refractivity contribution is 0.0376. The van der Waals surface area contributed by atoms with Crippen molar-refractivity contribution in [3.8, 4) is 5.75 Å². The Balaban J connectivity index is 0.00000289. The maximum absolute atomic E-state index is 13.4. The van der Waals surface area contributed by atoms with Gasteiger partial charge in [-0.15, -0.1) is 23.7 Å². The normalized spacial score (nSPS) is 14.3. The largest absolute Gasteiger partial charge is 0.492 e. The zero-order valence-electron chi connectivity index (χ0n) is 17.5. The van der Waals surface area contributed by atoms with Crippen LogP contribution in [0.15, 0.2) is 24.3 Å². The summed E-state index contributed by atoms with van der Waals surface area (Å²) in [6, 6.07) is 7.46. The van der Waals surface area contributed by atoms with Crippen LogP contribution in [0, 0.1) is 0 Å². The molecule has 0 unspecified atom stereocenters. The molecule has 2 aromatic heterocycles. The van der Waals surface area contributed by atoms with Gasteiger partial charge < -0.3 is 9.47 Å². The van der Waals surface area contributed by atoms with E-state index in [9.17, 15) is 4.79 Å². The number of carbonyl (C=O) groups excluding carboxylic acids is 1. The molecule has 1 amide bonds. The molecule has 1 aliphatic rings. The second-order valence-corrected chi connectivity index (χ2v) is 10.3. The third-order valence-corrected chi connectivity index (χ3v) is 7.52. The fraction of sp³-hybridized carbons (Fsp3) is 0.429. The summed E-state index contributed by atoms with van der Waals surface area (Å²) in [6.07, 6.45) is 0.815. The highest BCUT2D eigenvalue weighted by Gasteiger charge is 2.25. The monoisotopic (exact) mass is 535 g/mol. The summed E-state index contributed by atoms with van der Waals surface area (Å²) in [5.74, 6) is 0.534. The highest BCUT2D eigenvalue weighted by atomic mass is 35.5. The molecule has 0 radical (unpaired) electrons. The molecule has 0 bridgehead atoms. The van der Waals surface area contributed by atoms with Gasteiger partial charge in [-0.25, -0.2) is 4.98 Å². The molecule has 0 saturated carbocycles. The summed E-state index contributed by atoms with van der Waals surface area (Å²) in [5.41, 5.74) is 1.18. The van der Waals surface area contributed by atoms with Crippen LogP contribution in [0.25, 0.3) is 10.2 Å². The van der Waals surface area contributed by atoms with Crippen LogP contribution in [0.3, 0.4) is 0 Å². The first kappa shape index (κ1) is 25.5.